The molecule has 1 amide bonds. The minimum absolute atomic E-state index is 0.178. The van der Waals surface area contributed by atoms with E-state index < -0.39 is 9.84 Å². The molecule has 8 heteroatoms. The van der Waals surface area contributed by atoms with Crippen LogP contribution in [-0.2, 0) is 14.6 Å². The van der Waals surface area contributed by atoms with Crippen molar-refractivity contribution in [2.45, 2.75) is 4.90 Å². The first-order valence-corrected chi connectivity index (χ1v) is 11.8. The maximum Gasteiger partial charge on any atom is 0.252 e. The molecule has 6 nitrogen and oxygen atoms in total. The molecule has 0 N–H and O–H groups in total. The predicted octanol–water partition coefficient (Wildman–Crippen LogP) is 3.31. The lowest BCUT2D eigenvalue weighted by Crippen LogP contribution is -2.35. The number of fused-ring (bicyclic) bond motifs is 1. The van der Waals surface area contributed by atoms with Gasteiger partial charge in [-0.05, 0) is 37.9 Å². The number of hydrogen-bond donors (Lipinski definition) is 0. The van der Waals surface area contributed by atoms with Crippen LogP contribution in [0.5, 0.6) is 0 Å². The van der Waals surface area contributed by atoms with E-state index >= 15 is 0 Å². The van der Waals surface area contributed by atoms with E-state index in [1.54, 1.807) is 23.1 Å². The molecule has 1 heterocycles. The minimum Gasteiger partial charge on any atom is -0.308 e. The molecule has 0 unspecified atom stereocenters. The Bertz CT molecular complexity index is 1140. The van der Waals surface area contributed by atoms with Crippen molar-refractivity contribution in [3.8, 4) is 0 Å². The molecule has 0 radical (unpaired) electrons. The number of rotatable bonds is 7. The summed E-state index contributed by atoms with van der Waals surface area (Å²) in [5.41, 5.74) is 1.33. The van der Waals surface area contributed by atoms with Gasteiger partial charge in [-0.25, -0.2) is 13.4 Å². The molecule has 1 aromatic heterocycles. The van der Waals surface area contributed by atoms with Crippen LogP contribution >= 0.6 is 11.3 Å². The molecule has 0 aliphatic carbocycles. The van der Waals surface area contributed by atoms with Gasteiger partial charge in [0.05, 0.1) is 9.60 Å². The van der Waals surface area contributed by atoms with Gasteiger partial charge in [0.25, 0.3) is 5.91 Å². The molecular weight excluding hydrogens is 406 g/mol. The second-order valence-corrected chi connectivity index (χ2v) is 9.90. The van der Waals surface area contributed by atoms with Crippen LogP contribution < -0.4 is 4.90 Å². The van der Waals surface area contributed by atoms with Gasteiger partial charge in [-0.1, -0.05) is 47.7 Å². The Morgan fingerprint density at radius 3 is 2.45 bits per heavy atom. The van der Waals surface area contributed by atoms with Crippen LogP contribution in [0.25, 0.3) is 16.3 Å². The maximum absolute atomic E-state index is 13.0. The lowest BCUT2D eigenvalue weighted by atomic mass is 10.2. The largest absolute Gasteiger partial charge is 0.308 e. The monoisotopic (exact) mass is 429 g/mol. The van der Waals surface area contributed by atoms with Gasteiger partial charge < -0.3 is 4.90 Å². The fourth-order valence-electron chi connectivity index (χ4n) is 2.75. The third-order valence-corrected chi connectivity index (χ3v) is 6.43. The number of thiazole rings is 1. The first-order chi connectivity index (χ1) is 13.8. The third-order valence-electron chi connectivity index (χ3n) is 4.26. The summed E-state index contributed by atoms with van der Waals surface area (Å²) in [6.45, 7) is 1.10. The van der Waals surface area contributed by atoms with Crippen molar-refractivity contribution < 1.29 is 13.2 Å². The van der Waals surface area contributed by atoms with Crippen LogP contribution in [0.15, 0.2) is 59.5 Å². The smallest absolute Gasteiger partial charge is 0.252 e. The highest BCUT2D eigenvalue weighted by Crippen LogP contribution is 2.32. The molecule has 0 atom stereocenters. The van der Waals surface area contributed by atoms with E-state index in [1.807, 2.05) is 55.4 Å². The summed E-state index contributed by atoms with van der Waals surface area (Å²) in [4.78, 5) is 21.2. The summed E-state index contributed by atoms with van der Waals surface area (Å²) in [6, 6.07) is 14.6. The normalized spacial score (nSPS) is 12.1. The number of nitrogens with zero attached hydrogens (tertiary/aromatic N) is 3. The lowest BCUT2D eigenvalue weighted by Gasteiger charge is -2.20. The predicted molar refractivity (Wildman–Crippen MR) is 119 cm³/mol. The Balaban J connectivity index is 1.98. The van der Waals surface area contributed by atoms with Gasteiger partial charge in [0.2, 0.25) is 0 Å². The second kappa shape index (κ2) is 8.86. The summed E-state index contributed by atoms with van der Waals surface area (Å²) in [7, 11) is 0.451. The number of anilines is 1. The zero-order chi connectivity index (χ0) is 21.0. The number of hydrogen-bond acceptors (Lipinski definition) is 6. The number of para-hydroxylation sites is 1. The van der Waals surface area contributed by atoms with E-state index in [9.17, 15) is 13.2 Å². The Kier molecular flexibility index (Phi) is 6.46. The van der Waals surface area contributed by atoms with Crippen molar-refractivity contribution in [2.24, 2.45) is 0 Å². The minimum atomic E-state index is -3.42. The fourth-order valence-corrected chi connectivity index (χ4v) is 4.67. The summed E-state index contributed by atoms with van der Waals surface area (Å²) in [5, 5.41) is 0.487. The molecular formula is C21H23N3O3S2. The van der Waals surface area contributed by atoms with Gasteiger partial charge in [0.1, 0.15) is 5.52 Å². The van der Waals surface area contributed by atoms with Crippen molar-refractivity contribution in [1.29, 1.82) is 0 Å². The van der Waals surface area contributed by atoms with Crippen molar-refractivity contribution in [3.05, 3.63) is 60.2 Å². The van der Waals surface area contributed by atoms with E-state index in [0.717, 1.165) is 10.3 Å². The molecule has 0 saturated heterocycles. The van der Waals surface area contributed by atoms with Crippen molar-refractivity contribution >= 4 is 48.5 Å². The standard InChI is InChI=1S/C21H23N3O3S2/c1-23(2)14-15-24(19(25)13-12-16-8-5-4-6-9-16)21-22-20-17(28-21)10-7-11-18(20)29(3,26)27/h4-13H,14-15H2,1-3H3/b13-12+. The van der Waals surface area contributed by atoms with Crippen molar-refractivity contribution in [1.82, 2.24) is 9.88 Å². The molecule has 29 heavy (non-hydrogen) atoms. The highest BCUT2D eigenvalue weighted by Gasteiger charge is 2.21. The summed E-state index contributed by atoms with van der Waals surface area (Å²) in [5.74, 6) is -0.198. The van der Waals surface area contributed by atoms with E-state index in [0.29, 0.717) is 23.7 Å². The van der Waals surface area contributed by atoms with Crippen LogP contribution in [0.1, 0.15) is 5.56 Å². The van der Waals surface area contributed by atoms with Crippen LogP contribution in [0.4, 0.5) is 5.13 Å². The lowest BCUT2D eigenvalue weighted by molar-refractivity contribution is -0.114. The zero-order valence-corrected chi connectivity index (χ0v) is 18.2. The third kappa shape index (κ3) is 5.29. The van der Waals surface area contributed by atoms with Gasteiger partial charge in [-0.2, -0.15) is 0 Å². The number of sulfone groups is 1. The van der Waals surface area contributed by atoms with Gasteiger partial charge in [0.15, 0.2) is 15.0 Å². The molecule has 0 aliphatic rings. The Morgan fingerprint density at radius 1 is 1.07 bits per heavy atom. The first kappa shape index (κ1) is 21.2. The molecule has 3 aromatic rings. The van der Waals surface area contributed by atoms with E-state index in [1.165, 1.54) is 23.7 Å². The van der Waals surface area contributed by atoms with Crippen LogP contribution in [0.2, 0.25) is 0 Å². The number of carbonyl (C=O) groups is 1. The van der Waals surface area contributed by atoms with Gasteiger partial charge in [-0.3, -0.25) is 9.69 Å². The molecule has 0 saturated carbocycles. The number of likely N-dealkylation sites (N-methyl/N-ethyl adjacent to an activating group) is 1. The SMILES string of the molecule is CN(C)CCN(C(=O)/C=C/c1ccccc1)c1nc2c(S(C)(=O)=O)cccc2s1. The van der Waals surface area contributed by atoms with Gasteiger partial charge >= 0.3 is 0 Å². The zero-order valence-electron chi connectivity index (χ0n) is 16.6. The number of benzene rings is 2. The summed E-state index contributed by atoms with van der Waals surface area (Å²) >= 11 is 1.31. The summed E-state index contributed by atoms with van der Waals surface area (Å²) < 4.78 is 24.9. The molecule has 152 valence electrons. The maximum atomic E-state index is 13.0. The second-order valence-electron chi connectivity index (χ2n) is 6.91. The molecule has 0 bridgehead atoms. The molecule has 0 fully saturated rings. The fraction of sp³-hybridized carbons (Fsp3) is 0.238. The molecule has 3 rings (SSSR count). The van der Waals surface area contributed by atoms with Crippen LogP contribution in [-0.4, -0.2) is 57.6 Å². The first-order valence-electron chi connectivity index (χ1n) is 9.04. The summed E-state index contributed by atoms with van der Waals surface area (Å²) in [6.07, 6.45) is 4.45. The topological polar surface area (TPSA) is 70.6 Å². The average molecular weight is 430 g/mol. The highest BCUT2D eigenvalue weighted by atomic mass is 32.2. The van der Waals surface area contributed by atoms with E-state index in [2.05, 4.69) is 4.98 Å². The van der Waals surface area contributed by atoms with Crippen molar-refractivity contribution in [2.75, 3.05) is 38.3 Å². The van der Waals surface area contributed by atoms with Gasteiger partial charge in [-0.15, -0.1) is 0 Å². The highest BCUT2D eigenvalue weighted by molar-refractivity contribution is 7.91. The molecule has 0 aliphatic heterocycles. The number of carbonyl (C=O) groups excluding carboxylic acids is 1. The van der Waals surface area contributed by atoms with Gasteiger partial charge in [0, 0.05) is 25.4 Å². The van der Waals surface area contributed by atoms with Crippen LogP contribution in [0.3, 0.4) is 0 Å². The Labute approximate surface area is 175 Å². The number of aromatic nitrogens is 1. The molecule has 0 spiro atoms. The molecule has 2 aromatic carbocycles. The average Bonchev–Trinajstić information content (AvgIpc) is 3.10. The quantitative estimate of drug-likeness (QED) is 0.539. The Morgan fingerprint density at radius 2 is 1.79 bits per heavy atom. The van der Waals surface area contributed by atoms with E-state index in [-0.39, 0.29) is 10.8 Å². The van der Waals surface area contributed by atoms with Crippen molar-refractivity contribution in [3.63, 3.8) is 0 Å². The Hall–Kier alpha value is -2.55. The number of amides is 1. The van der Waals surface area contributed by atoms with E-state index in [4.69, 9.17) is 0 Å². The van der Waals surface area contributed by atoms with Crippen LogP contribution in [0, 0.1) is 0 Å².